The largest absolute Gasteiger partial charge is 0.380 e. The summed E-state index contributed by atoms with van der Waals surface area (Å²) in [6.45, 7) is 3.20. The summed E-state index contributed by atoms with van der Waals surface area (Å²) in [4.78, 5) is 16.9. The lowest BCUT2D eigenvalue weighted by Gasteiger charge is -2.08. The molecule has 0 bridgehead atoms. The molecule has 0 aliphatic carbocycles. The van der Waals surface area contributed by atoms with Gasteiger partial charge in [0.2, 0.25) is 0 Å². The lowest BCUT2D eigenvalue weighted by Crippen LogP contribution is -2.22. The van der Waals surface area contributed by atoms with Gasteiger partial charge >= 0.3 is 0 Å². The van der Waals surface area contributed by atoms with Gasteiger partial charge < -0.3 is 9.30 Å². The Balaban J connectivity index is 1.90. The van der Waals surface area contributed by atoms with Crippen LogP contribution in [0.1, 0.15) is 27.0 Å². The Labute approximate surface area is 153 Å². The monoisotopic (exact) mass is 346 g/mol. The number of pyridine rings is 1. The molecule has 1 heterocycles. The number of hydrogen-bond donors (Lipinski definition) is 0. The molecule has 1 aromatic heterocycles. The van der Waals surface area contributed by atoms with Crippen molar-refractivity contribution in [2.24, 2.45) is 4.99 Å². The van der Waals surface area contributed by atoms with Crippen molar-refractivity contribution in [1.29, 1.82) is 0 Å². The van der Waals surface area contributed by atoms with E-state index in [0.29, 0.717) is 24.2 Å². The van der Waals surface area contributed by atoms with E-state index in [0.717, 1.165) is 11.1 Å². The fourth-order valence-electron chi connectivity index (χ4n) is 2.72. The highest BCUT2D eigenvalue weighted by molar-refractivity contribution is 5.95. The lowest BCUT2D eigenvalue weighted by molar-refractivity contribution is 0.0997. The van der Waals surface area contributed by atoms with Gasteiger partial charge in [0.25, 0.3) is 5.91 Å². The van der Waals surface area contributed by atoms with E-state index < -0.39 is 0 Å². The van der Waals surface area contributed by atoms with Gasteiger partial charge in [-0.1, -0.05) is 48.0 Å². The first kappa shape index (κ1) is 17.8. The van der Waals surface area contributed by atoms with E-state index in [1.807, 2.05) is 47.2 Å². The highest BCUT2D eigenvalue weighted by Gasteiger charge is 2.06. The third-order valence-electron chi connectivity index (χ3n) is 4.09. The summed E-state index contributed by atoms with van der Waals surface area (Å²) in [5.41, 5.74) is 4.54. The van der Waals surface area contributed by atoms with Crippen molar-refractivity contribution < 1.29 is 9.53 Å². The number of ether oxygens (including phenoxy) is 1. The van der Waals surface area contributed by atoms with Gasteiger partial charge in [-0.3, -0.25) is 4.79 Å². The molecule has 132 valence electrons. The second-order valence-electron chi connectivity index (χ2n) is 6.22. The molecule has 0 saturated heterocycles. The van der Waals surface area contributed by atoms with Crippen molar-refractivity contribution in [2.75, 3.05) is 7.11 Å². The minimum atomic E-state index is -0.258. The Hall–Kier alpha value is -2.98. The van der Waals surface area contributed by atoms with E-state index in [1.165, 1.54) is 5.56 Å². The van der Waals surface area contributed by atoms with E-state index in [-0.39, 0.29) is 5.91 Å². The van der Waals surface area contributed by atoms with E-state index in [1.54, 1.807) is 13.2 Å². The molecule has 0 N–H and O–H groups in total. The van der Waals surface area contributed by atoms with Crippen LogP contribution in [0.15, 0.2) is 77.9 Å². The third-order valence-corrected chi connectivity index (χ3v) is 4.09. The zero-order valence-electron chi connectivity index (χ0n) is 15.1. The van der Waals surface area contributed by atoms with Gasteiger partial charge in [0.15, 0.2) is 0 Å². The minimum absolute atomic E-state index is 0.258. The topological polar surface area (TPSA) is 43.6 Å². The van der Waals surface area contributed by atoms with Crippen LogP contribution in [0, 0.1) is 6.92 Å². The van der Waals surface area contributed by atoms with Gasteiger partial charge in [0.05, 0.1) is 6.61 Å². The molecule has 3 rings (SSSR count). The Morgan fingerprint density at radius 2 is 1.81 bits per heavy atom. The van der Waals surface area contributed by atoms with Crippen LogP contribution in [0.4, 0.5) is 0 Å². The van der Waals surface area contributed by atoms with Crippen LogP contribution in [0.3, 0.4) is 0 Å². The molecule has 0 aliphatic heterocycles. The predicted octanol–water partition coefficient (Wildman–Crippen LogP) is 3.73. The molecule has 0 radical (unpaired) electrons. The highest BCUT2D eigenvalue weighted by atomic mass is 16.5. The first-order valence-electron chi connectivity index (χ1n) is 8.53. The van der Waals surface area contributed by atoms with Gasteiger partial charge in [-0.25, -0.2) is 0 Å². The van der Waals surface area contributed by atoms with Crippen molar-refractivity contribution in [1.82, 2.24) is 4.57 Å². The van der Waals surface area contributed by atoms with Crippen molar-refractivity contribution in [3.05, 3.63) is 101 Å². The van der Waals surface area contributed by atoms with Gasteiger partial charge in [-0.2, -0.15) is 4.99 Å². The van der Waals surface area contributed by atoms with E-state index in [2.05, 4.69) is 36.2 Å². The Morgan fingerprint density at radius 1 is 1.00 bits per heavy atom. The molecule has 0 saturated carbocycles. The maximum atomic E-state index is 12.6. The third kappa shape index (κ3) is 4.55. The average molecular weight is 346 g/mol. The standard InChI is InChI=1S/C22H22N2O2/c1-17-9-11-18(12-10-17)15-24-13-4-3-8-21(24)23-22(25)20-7-5-6-19(14-20)16-26-2/h3-14H,15-16H2,1-2H3. The molecule has 0 atom stereocenters. The Bertz CT molecular complexity index is 956. The van der Waals surface area contributed by atoms with Crippen LogP contribution in [0.5, 0.6) is 0 Å². The van der Waals surface area contributed by atoms with E-state index in [9.17, 15) is 4.79 Å². The molecular weight excluding hydrogens is 324 g/mol. The van der Waals surface area contributed by atoms with Crippen LogP contribution in [-0.4, -0.2) is 17.6 Å². The first-order chi connectivity index (χ1) is 12.7. The number of nitrogens with zero attached hydrogens (tertiary/aromatic N) is 2. The molecule has 2 aromatic carbocycles. The number of amides is 1. The second kappa shape index (κ2) is 8.41. The fourth-order valence-corrected chi connectivity index (χ4v) is 2.72. The smallest absolute Gasteiger partial charge is 0.278 e. The van der Waals surface area contributed by atoms with Crippen molar-refractivity contribution in [2.45, 2.75) is 20.1 Å². The number of aryl methyl sites for hydroxylation is 1. The Morgan fingerprint density at radius 3 is 2.58 bits per heavy atom. The predicted molar refractivity (Wildman–Crippen MR) is 102 cm³/mol. The summed E-state index contributed by atoms with van der Waals surface area (Å²) in [7, 11) is 1.64. The van der Waals surface area contributed by atoms with Crippen molar-refractivity contribution in [3.63, 3.8) is 0 Å². The molecule has 0 spiro atoms. The molecule has 0 aliphatic rings. The number of aromatic nitrogens is 1. The van der Waals surface area contributed by atoms with E-state index >= 15 is 0 Å². The second-order valence-corrected chi connectivity index (χ2v) is 6.22. The number of carbonyl (C=O) groups excluding carboxylic acids is 1. The molecule has 0 fully saturated rings. The molecule has 0 unspecified atom stereocenters. The number of rotatable bonds is 5. The molecule has 26 heavy (non-hydrogen) atoms. The van der Waals surface area contributed by atoms with Crippen LogP contribution < -0.4 is 5.49 Å². The highest BCUT2D eigenvalue weighted by Crippen LogP contribution is 2.08. The lowest BCUT2D eigenvalue weighted by atomic mass is 10.1. The van der Waals surface area contributed by atoms with E-state index in [4.69, 9.17) is 4.74 Å². The average Bonchev–Trinajstić information content (AvgIpc) is 2.66. The maximum absolute atomic E-state index is 12.6. The molecule has 4 nitrogen and oxygen atoms in total. The van der Waals surface area contributed by atoms with Crippen molar-refractivity contribution in [3.8, 4) is 0 Å². The summed E-state index contributed by atoms with van der Waals surface area (Å²) < 4.78 is 7.10. The first-order valence-corrected chi connectivity index (χ1v) is 8.53. The van der Waals surface area contributed by atoms with Crippen LogP contribution in [0.2, 0.25) is 0 Å². The number of methoxy groups -OCH3 is 1. The molecule has 3 aromatic rings. The summed E-state index contributed by atoms with van der Waals surface area (Å²) in [6, 6.07) is 21.4. The van der Waals surface area contributed by atoms with Crippen LogP contribution >= 0.6 is 0 Å². The normalized spacial score (nSPS) is 11.5. The van der Waals surface area contributed by atoms with Gasteiger partial charge in [0.1, 0.15) is 5.49 Å². The number of benzene rings is 2. The maximum Gasteiger partial charge on any atom is 0.278 e. The minimum Gasteiger partial charge on any atom is -0.380 e. The summed E-state index contributed by atoms with van der Waals surface area (Å²) in [6.07, 6.45) is 1.94. The molecule has 1 amide bonds. The number of carbonyl (C=O) groups is 1. The van der Waals surface area contributed by atoms with Gasteiger partial charge in [0, 0.05) is 25.4 Å². The number of hydrogen-bond acceptors (Lipinski definition) is 2. The van der Waals surface area contributed by atoms with Crippen LogP contribution in [0.25, 0.3) is 0 Å². The van der Waals surface area contributed by atoms with Gasteiger partial charge in [-0.05, 0) is 42.3 Å². The van der Waals surface area contributed by atoms with Crippen LogP contribution in [-0.2, 0) is 17.9 Å². The SMILES string of the molecule is COCc1cccc(C(=O)N=c2ccccn2Cc2ccc(C)cc2)c1. The molecular formula is C22H22N2O2. The quantitative estimate of drug-likeness (QED) is 0.706. The fraction of sp³-hybridized carbons (Fsp3) is 0.182. The Kier molecular flexibility index (Phi) is 5.77. The molecule has 4 heteroatoms. The zero-order valence-corrected chi connectivity index (χ0v) is 15.1. The zero-order chi connectivity index (χ0) is 18.4. The summed E-state index contributed by atoms with van der Waals surface area (Å²) in [5, 5.41) is 0. The van der Waals surface area contributed by atoms with Crippen molar-refractivity contribution >= 4 is 5.91 Å². The summed E-state index contributed by atoms with van der Waals surface area (Å²) >= 11 is 0. The van der Waals surface area contributed by atoms with Gasteiger partial charge in [-0.15, -0.1) is 0 Å². The summed E-state index contributed by atoms with van der Waals surface area (Å²) in [5.74, 6) is -0.258.